The van der Waals surface area contributed by atoms with Gasteiger partial charge in [-0.3, -0.25) is 4.90 Å². The van der Waals surface area contributed by atoms with Gasteiger partial charge in [-0.1, -0.05) is 51.5 Å². The molecule has 0 spiro atoms. The van der Waals surface area contributed by atoms with E-state index >= 15 is 0 Å². The van der Waals surface area contributed by atoms with E-state index in [1.807, 2.05) is 0 Å². The Morgan fingerprint density at radius 3 is 2.67 bits per heavy atom. The van der Waals surface area contributed by atoms with Gasteiger partial charge >= 0.3 is 0 Å². The molecule has 1 aliphatic rings. The fourth-order valence-electron chi connectivity index (χ4n) is 3.39. The summed E-state index contributed by atoms with van der Waals surface area (Å²) < 4.78 is 0. The van der Waals surface area contributed by atoms with Crippen LogP contribution in [0, 0.1) is 5.92 Å². The summed E-state index contributed by atoms with van der Waals surface area (Å²) in [5.74, 6) is 1.54. The first-order valence-electron chi connectivity index (χ1n) is 8.74. The van der Waals surface area contributed by atoms with E-state index in [0.717, 1.165) is 25.6 Å². The number of likely N-dealkylation sites (N-methyl/N-ethyl adjacent to an activating group) is 1. The number of nitrogens with zero attached hydrogens (tertiary/aromatic N) is 1. The summed E-state index contributed by atoms with van der Waals surface area (Å²) in [6.07, 6.45) is 4.12. The summed E-state index contributed by atoms with van der Waals surface area (Å²) in [6, 6.07) is 9.28. The van der Waals surface area contributed by atoms with Gasteiger partial charge in [0.25, 0.3) is 0 Å². The molecule has 2 unspecified atom stereocenters. The van der Waals surface area contributed by atoms with Crippen molar-refractivity contribution < 1.29 is 0 Å². The molecule has 2 atom stereocenters. The van der Waals surface area contributed by atoms with Gasteiger partial charge < -0.3 is 5.32 Å². The van der Waals surface area contributed by atoms with E-state index in [2.05, 4.69) is 55.3 Å². The Balaban J connectivity index is 1.82. The van der Waals surface area contributed by atoms with E-state index in [9.17, 15) is 0 Å². The Labute approximate surface area is 130 Å². The van der Waals surface area contributed by atoms with Crippen molar-refractivity contribution in [3.8, 4) is 0 Å². The molecule has 0 aromatic heterocycles. The van der Waals surface area contributed by atoms with Crippen LogP contribution in [0.5, 0.6) is 0 Å². The fourth-order valence-corrected chi connectivity index (χ4v) is 3.39. The van der Waals surface area contributed by atoms with E-state index in [1.54, 1.807) is 0 Å². The van der Waals surface area contributed by atoms with Gasteiger partial charge in [0.05, 0.1) is 0 Å². The van der Waals surface area contributed by atoms with Crippen LogP contribution >= 0.6 is 0 Å². The average Bonchev–Trinajstić information content (AvgIpc) is 2.93. The molecule has 0 aliphatic carbocycles. The summed E-state index contributed by atoms with van der Waals surface area (Å²) in [4.78, 5) is 2.62. The zero-order valence-corrected chi connectivity index (χ0v) is 14.1. The number of hydrogen-bond donors (Lipinski definition) is 1. The molecule has 0 radical (unpaired) electrons. The van der Waals surface area contributed by atoms with E-state index in [1.165, 1.54) is 43.5 Å². The monoisotopic (exact) mass is 288 g/mol. The molecule has 1 aromatic rings. The molecule has 1 N–H and O–H groups in total. The molecule has 1 aliphatic heterocycles. The minimum Gasteiger partial charge on any atom is -0.316 e. The molecule has 1 aromatic carbocycles. The van der Waals surface area contributed by atoms with Crippen molar-refractivity contribution in [2.24, 2.45) is 5.92 Å². The third-order valence-electron chi connectivity index (χ3n) is 4.72. The first kappa shape index (κ1) is 16.5. The van der Waals surface area contributed by atoms with Crippen molar-refractivity contribution in [3.63, 3.8) is 0 Å². The maximum atomic E-state index is 3.43. The second-order valence-corrected chi connectivity index (χ2v) is 6.63. The number of hydrogen-bond acceptors (Lipinski definition) is 2. The molecule has 2 rings (SSSR count). The van der Waals surface area contributed by atoms with Crippen LogP contribution < -0.4 is 5.32 Å². The number of rotatable bonds is 8. The van der Waals surface area contributed by atoms with Crippen molar-refractivity contribution in [1.29, 1.82) is 0 Å². The molecule has 0 saturated carbocycles. The molecular weight excluding hydrogens is 256 g/mol. The molecule has 21 heavy (non-hydrogen) atoms. The lowest BCUT2D eigenvalue weighted by Crippen LogP contribution is -2.20. The van der Waals surface area contributed by atoms with Crippen LogP contribution in [-0.2, 0) is 6.54 Å². The lowest BCUT2D eigenvalue weighted by molar-refractivity contribution is 0.313. The highest BCUT2D eigenvalue weighted by molar-refractivity contribution is 5.25. The molecule has 1 heterocycles. The predicted molar refractivity (Wildman–Crippen MR) is 91.7 cm³/mol. The lowest BCUT2D eigenvalue weighted by Gasteiger charge is -2.17. The summed E-state index contributed by atoms with van der Waals surface area (Å²) in [6.45, 7) is 12.6. The van der Waals surface area contributed by atoms with E-state index in [0.29, 0.717) is 5.92 Å². The van der Waals surface area contributed by atoms with Crippen LogP contribution in [-0.4, -0.2) is 31.1 Å². The average molecular weight is 288 g/mol. The summed E-state index contributed by atoms with van der Waals surface area (Å²) in [7, 11) is 0. The van der Waals surface area contributed by atoms with E-state index in [4.69, 9.17) is 0 Å². The molecule has 118 valence electrons. The molecule has 0 bridgehead atoms. The fraction of sp³-hybridized carbons (Fsp3) is 0.684. The molecule has 1 saturated heterocycles. The lowest BCUT2D eigenvalue weighted by atomic mass is 9.99. The van der Waals surface area contributed by atoms with E-state index in [-0.39, 0.29) is 0 Å². The van der Waals surface area contributed by atoms with Gasteiger partial charge in [0.2, 0.25) is 0 Å². The molecule has 1 fully saturated rings. The highest BCUT2D eigenvalue weighted by atomic mass is 15.1. The zero-order valence-electron chi connectivity index (χ0n) is 14.1. The summed E-state index contributed by atoms with van der Waals surface area (Å²) in [5.41, 5.74) is 2.91. The van der Waals surface area contributed by atoms with Crippen LogP contribution in [0.3, 0.4) is 0 Å². The Morgan fingerprint density at radius 1 is 1.24 bits per heavy atom. The van der Waals surface area contributed by atoms with Gasteiger partial charge in [0.15, 0.2) is 0 Å². The van der Waals surface area contributed by atoms with Gasteiger partial charge in [0, 0.05) is 19.6 Å². The first-order chi connectivity index (χ1) is 10.2. The Bertz CT molecular complexity index is 399. The van der Waals surface area contributed by atoms with Gasteiger partial charge in [0.1, 0.15) is 0 Å². The summed E-state index contributed by atoms with van der Waals surface area (Å²) in [5, 5.41) is 3.43. The Morgan fingerprint density at radius 2 is 2.00 bits per heavy atom. The van der Waals surface area contributed by atoms with Crippen LogP contribution in [0.25, 0.3) is 0 Å². The third kappa shape index (κ3) is 5.12. The number of likely N-dealkylation sites (tertiary alicyclic amines) is 1. The SMILES string of the molecule is CCCC1CCN(Cc2ccc(C(C)CNCC)cc2)C1. The minimum absolute atomic E-state index is 0.597. The van der Waals surface area contributed by atoms with Gasteiger partial charge in [-0.25, -0.2) is 0 Å². The third-order valence-corrected chi connectivity index (χ3v) is 4.72. The number of benzene rings is 1. The smallest absolute Gasteiger partial charge is 0.0233 e. The molecule has 2 nitrogen and oxygen atoms in total. The molecule has 0 amide bonds. The van der Waals surface area contributed by atoms with Crippen molar-refractivity contribution in [2.75, 3.05) is 26.2 Å². The molecule has 2 heteroatoms. The predicted octanol–water partition coefficient (Wildman–Crippen LogP) is 4.02. The van der Waals surface area contributed by atoms with Crippen LogP contribution in [0.15, 0.2) is 24.3 Å². The first-order valence-corrected chi connectivity index (χ1v) is 8.74. The Hall–Kier alpha value is -0.860. The maximum Gasteiger partial charge on any atom is 0.0233 e. The maximum absolute atomic E-state index is 3.43. The van der Waals surface area contributed by atoms with Crippen LogP contribution in [0.4, 0.5) is 0 Å². The quantitative estimate of drug-likeness (QED) is 0.777. The zero-order chi connectivity index (χ0) is 15.1. The summed E-state index contributed by atoms with van der Waals surface area (Å²) >= 11 is 0. The van der Waals surface area contributed by atoms with Crippen LogP contribution in [0.2, 0.25) is 0 Å². The van der Waals surface area contributed by atoms with Crippen molar-refractivity contribution in [1.82, 2.24) is 10.2 Å². The normalized spacial score (nSPS) is 20.8. The minimum atomic E-state index is 0.597. The van der Waals surface area contributed by atoms with Gasteiger partial charge in [-0.2, -0.15) is 0 Å². The Kier molecular flexibility index (Phi) is 6.72. The largest absolute Gasteiger partial charge is 0.316 e. The van der Waals surface area contributed by atoms with Crippen molar-refractivity contribution >= 4 is 0 Å². The van der Waals surface area contributed by atoms with Gasteiger partial charge in [-0.05, 0) is 48.9 Å². The molecular formula is C19H32N2. The van der Waals surface area contributed by atoms with Crippen molar-refractivity contribution in [2.45, 2.75) is 52.5 Å². The van der Waals surface area contributed by atoms with Crippen molar-refractivity contribution in [3.05, 3.63) is 35.4 Å². The second-order valence-electron chi connectivity index (χ2n) is 6.63. The van der Waals surface area contributed by atoms with Crippen LogP contribution in [0.1, 0.15) is 57.1 Å². The highest BCUT2D eigenvalue weighted by Gasteiger charge is 2.21. The second kappa shape index (κ2) is 8.55. The van der Waals surface area contributed by atoms with Gasteiger partial charge in [-0.15, -0.1) is 0 Å². The highest BCUT2D eigenvalue weighted by Crippen LogP contribution is 2.23. The standard InChI is InChI=1S/C19H32N2/c1-4-6-17-11-12-21(14-17)15-18-7-9-19(10-8-18)16(3)13-20-5-2/h7-10,16-17,20H,4-6,11-15H2,1-3H3. The topological polar surface area (TPSA) is 15.3 Å². The van der Waals surface area contributed by atoms with E-state index < -0.39 is 0 Å². The number of nitrogens with one attached hydrogen (secondary N) is 1.